The molecule has 20 heavy (non-hydrogen) atoms. The van der Waals surface area contributed by atoms with Gasteiger partial charge in [0.1, 0.15) is 15.6 Å². The molecule has 0 amide bonds. The van der Waals surface area contributed by atoms with Crippen LogP contribution >= 0.6 is 0 Å². The Balaban J connectivity index is 2.52. The highest BCUT2D eigenvalue weighted by Crippen LogP contribution is 2.17. The zero-order valence-corrected chi connectivity index (χ0v) is 13.4. The average molecular weight is 299 g/mol. The zero-order chi connectivity index (χ0) is 15.0. The predicted octanol–water partition coefficient (Wildman–Crippen LogP) is 1.90. The molecular formula is C15H25NO3S. The summed E-state index contributed by atoms with van der Waals surface area (Å²) in [5, 5.41) is 3.18. The van der Waals surface area contributed by atoms with Gasteiger partial charge < -0.3 is 10.1 Å². The SMILES string of the molecule is CNCC(CCCS(C)(=O)=O)Cc1ccc(OC)cc1. The number of ether oxygens (including phenoxy) is 1. The molecule has 0 aliphatic rings. The van der Waals surface area contributed by atoms with E-state index < -0.39 is 9.84 Å². The number of hydrogen-bond donors (Lipinski definition) is 1. The van der Waals surface area contributed by atoms with E-state index in [0.717, 1.165) is 31.6 Å². The fourth-order valence-corrected chi connectivity index (χ4v) is 2.99. The number of hydrogen-bond acceptors (Lipinski definition) is 4. The Labute approximate surface area is 122 Å². The lowest BCUT2D eigenvalue weighted by Gasteiger charge is -2.16. The van der Waals surface area contributed by atoms with E-state index in [1.165, 1.54) is 11.8 Å². The largest absolute Gasteiger partial charge is 0.497 e. The number of nitrogens with one attached hydrogen (secondary N) is 1. The van der Waals surface area contributed by atoms with Gasteiger partial charge in [-0.3, -0.25) is 0 Å². The molecule has 1 atom stereocenters. The van der Waals surface area contributed by atoms with Crippen LogP contribution in [0.2, 0.25) is 0 Å². The fourth-order valence-electron chi connectivity index (χ4n) is 2.29. The number of sulfone groups is 1. The summed E-state index contributed by atoms with van der Waals surface area (Å²) in [6, 6.07) is 8.06. The maximum atomic E-state index is 11.2. The van der Waals surface area contributed by atoms with E-state index in [4.69, 9.17) is 4.74 Å². The Bertz CT molecular complexity index is 482. The van der Waals surface area contributed by atoms with Crippen molar-refractivity contribution < 1.29 is 13.2 Å². The summed E-state index contributed by atoms with van der Waals surface area (Å²) in [6.45, 7) is 0.899. The average Bonchev–Trinajstić information content (AvgIpc) is 2.38. The Morgan fingerprint density at radius 3 is 2.40 bits per heavy atom. The first-order chi connectivity index (χ1) is 9.44. The summed E-state index contributed by atoms with van der Waals surface area (Å²) < 4.78 is 27.5. The standard InChI is InChI=1S/C15H25NO3S/c1-16-12-14(5-4-10-20(3,17)18)11-13-6-8-15(19-2)9-7-13/h6-9,14,16H,4-5,10-12H2,1-3H3. The second-order valence-corrected chi connectivity index (χ2v) is 7.51. The van der Waals surface area contributed by atoms with E-state index in [9.17, 15) is 8.42 Å². The lowest BCUT2D eigenvalue weighted by Crippen LogP contribution is -2.21. The molecule has 0 aliphatic carbocycles. The van der Waals surface area contributed by atoms with E-state index in [0.29, 0.717) is 5.92 Å². The highest BCUT2D eigenvalue weighted by Gasteiger charge is 2.11. The lowest BCUT2D eigenvalue weighted by atomic mass is 9.95. The monoisotopic (exact) mass is 299 g/mol. The first-order valence-corrected chi connectivity index (χ1v) is 8.96. The van der Waals surface area contributed by atoms with Crippen LogP contribution in [0.3, 0.4) is 0 Å². The van der Waals surface area contributed by atoms with Crippen LogP contribution in [0.25, 0.3) is 0 Å². The van der Waals surface area contributed by atoms with Gasteiger partial charge in [-0.1, -0.05) is 12.1 Å². The fraction of sp³-hybridized carbons (Fsp3) is 0.600. The molecule has 1 rings (SSSR count). The molecule has 0 aliphatic heterocycles. The minimum absolute atomic E-state index is 0.274. The predicted molar refractivity (Wildman–Crippen MR) is 83.1 cm³/mol. The van der Waals surface area contributed by atoms with E-state index in [1.807, 2.05) is 19.2 Å². The minimum atomic E-state index is -2.85. The van der Waals surface area contributed by atoms with E-state index in [1.54, 1.807) is 7.11 Å². The molecule has 0 radical (unpaired) electrons. The maximum Gasteiger partial charge on any atom is 0.147 e. The van der Waals surface area contributed by atoms with Crippen LogP contribution in [0.4, 0.5) is 0 Å². The smallest absolute Gasteiger partial charge is 0.147 e. The van der Waals surface area contributed by atoms with Crippen molar-refractivity contribution in [3.8, 4) is 5.75 Å². The number of rotatable bonds is 9. The first-order valence-electron chi connectivity index (χ1n) is 6.90. The topological polar surface area (TPSA) is 55.4 Å². The highest BCUT2D eigenvalue weighted by atomic mass is 32.2. The molecule has 0 heterocycles. The van der Waals surface area contributed by atoms with Gasteiger partial charge >= 0.3 is 0 Å². The summed E-state index contributed by atoms with van der Waals surface area (Å²) in [5.41, 5.74) is 1.26. The first kappa shape index (κ1) is 17.0. The van der Waals surface area contributed by atoms with Crippen LogP contribution in [-0.4, -0.2) is 41.1 Å². The third-order valence-corrected chi connectivity index (χ3v) is 4.33. The molecule has 0 spiro atoms. The number of methoxy groups -OCH3 is 1. The summed E-state index contributed by atoms with van der Waals surface area (Å²) in [7, 11) is 0.731. The Kier molecular flexibility index (Phi) is 7.02. The third-order valence-electron chi connectivity index (χ3n) is 3.30. The van der Waals surface area contributed by atoms with Crippen LogP contribution in [0, 0.1) is 5.92 Å². The lowest BCUT2D eigenvalue weighted by molar-refractivity contribution is 0.414. The molecule has 1 aromatic rings. The highest BCUT2D eigenvalue weighted by molar-refractivity contribution is 7.90. The Morgan fingerprint density at radius 2 is 1.90 bits per heavy atom. The molecule has 1 aromatic carbocycles. The molecule has 0 saturated heterocycles. The van der Waals surface area contributed by atoms with Crippen molar-refractivity contribution in [1.29, 1.82) is 0 Å². The summed E-state index contributed by atoms with van der Waals surface area (Å²) >= 11 is 0. The summed E-state index contributed by atoms with van der Waals surface area (Å²) in [4.78, 5) is 0. The zero-order valence-electron chi connectivity index (χ0n) is 12.6. The summed E-state index contributed by atoms with van der Waals surface area (Å²) in [6.07, 6.45) is 3.89. The molecule has 0 aromatic heterocycles. The van der Waals surface area contributed by atoms with Gasteiger partial charge in [-0.2, -0.15) is 0 Å². The van der Waals surface area contributed by atoms with Crippen molar-refractivity contribution in [2.24, 2.45) is 5.92 Å². The van der Waals surface area contributed by atoms with Gasteiger partial charge in [-0.05, 0) is 56.5 Å². The molecule has 114 valence electrons. The molecule has 5 heteroatoms. The van der Waals surface area contributed by atoms with E-state index >= 15 is 0 Å². The van der Waals surface area contributed by atoms with Gasteiger partial charge in [0.15, 0.2) is 0 Å². The van der Waals surface area contributed by atoms with Crippen molar-refractivity contribution in [1.82, 2.24) is 5.32 Å². The van der Waals surface area contributed by atoms with Crippen LogP contribution in [-0.2, 0) is 16.3 Å². The van der Waals surface area contributed by atoms with Gasteiger partial charge in [0.05, 0.1) is 7.11 Å². The van der Waals surface area contributed by atoms with Crippen LogP contribution in [0.1, 0.15) is 18.4 Å². The van der Waals surface area contributed by atoms with Gasteiger partial charge in [0.2, 0.25) is 0 Å². The van der Waals surface area contributed by atoms with Crippen LogP contribution in [0.5, 0.6) is 5.75 Å². The summed E-state index contributed by atoms with van der Waals surface area (Å²) in [5.74, 6) is 1.58. The second-order valence-electron chi connectivity index (χ2n) is 5.25. The maximum absolute atomic E-state index is 11.2. The van der Waals surface area contributed by atoms with Crippen molar-refractivity contribution >= 4 is 9.84 Å². The van der Waals surface area contributed by atoms with E-state index in [2.05, 4.69) is 17.4 Å². The van der Waals surface area contributed by atoms with Crippen molar-refractivity contribution in [2.75, 3.05) is 32.7 Å². The molecule has 0 fully saturated rings. The van der Waals surface area contributed by atoms with Crippen molar-refractivity contribution in [3.63, 3.8) is 0 Å². The number of benzene rings is 1. The minimum Gasteiger partial charge on any atom is -0.497 e. The quantitative estimate of drug-likeness (QED) is 0.756. The molecular weight excluding hydrogens is 274 g/mol. The Morgan fingerprint density at radius 1 is 1.25 bits per heavy atom. The molecule has 1 unspecified atom stereocenters. The normalized spacial score (nSPS) is 13.2. The van der Waals surface area contributed by atoms with Crippen LogP contribution in [0.15, 0.2) is 24.3 Å². The van der Waals surface area contributed by atoms with Gasteiger partial charge in [-0.15, -0.1) is 0 Å². The van der Waals surface area contributed by atoms with Gasteiger partial charge in [0.25, 0.3) is 0 Å². The Hall–Kier alpha value is -1.07. The van der Waals surface area contributed by atoms with Crippen molar-refractivity contribution in [2.45, 2.75) is 19.3 Å². The van der Waals surface area contributed by atoms with Gasteiger partial charge in [0, 0.05) is 12.0 Å². The third kappa shape index (κ3) is 6.91. The molecule has 1 N–H and O–H groups in total. The molecule has 0 bridgehead atoms. The van der Waals surface area contributed by atoms with Crippen LogP contribution < -0.4 is 10.1 Å². The van der Waals surface area contributed by atoms with Gasteiger partial charge in [-0.25, -0.2) is 8.42 Å². The second kappa shape index (κ2) is 8.27. The van der Waals surface area contributed by atoms with E-state index in [-0.39, 0.29) is 5.75 Å². The van der Waals surface area contributed by atoms with Crippen molar-refractivity contribution in [3.05, 3.63) is 29.8 Å². The molecule has 0 saturated carbocycles. The molecule has 4 nitrogen and oxygen atoms in total.